The van der Waals surface area contributed by atoms with Crippen LogP contribution in [0.2, 0.25) is 0 Å². The summed E-state index contributed by atoms with van der Waals surface area (Å²) in [5.74, 6) is 0.867. The van der Waals surface area contributed by atoms with E-state index in [9.17, 15) is 4.79 Å². The second-order valence-electron chi connectivity index (χ2n) is 9.61. The van der Waals surface area contributed by atoms with Gasteiger partial charge in [0.2, 0.25) is 0 Å². The number of aromatic amines is 1. The lowest BCUT2D eigenvalue weighted by molar-refractivity contribution is 0.225. The zero-order valence-corrected chi connectivity index (χ0v) is 20.0. The Morgan fingerprint density at radius 1 is 0.971 bits per heavy atom. The summed E-state index contributed by atoms with van der Waals surface area (Å²) < 4.78 is 2.02. The number of aromatic nitrogens is 5. The molecule has 0 bridgehead atoms. The van der Waals surface area contributed by atoms with Crippen molar-refractivity contribution in [3.8, 4) is 0 Å². The third-order valence-corrected chi connectivity index (χ3v) is 7.02. The lowest BCUT2D eigenvalue weighted by Gasteiger charge is -2.25. The largest absolute Gasteiger partial charge is 0.322 e. The van der Waals surface area contributed by atoms with Crippen molar-refractivity contribution in [3.63, 3.8) is 0 Å². The monoisotopic (exact) mass is 456 g/mol. The highest BCUT2D eigenvalue weighted by atomic mass is 16.1. The lowest BCUT2D eigenvalue weighted by Crippen LogP contribution is -2.29. The first-order valence-electron chi connectivity index (χ1n) is 12.2. The Labute approximate surface area is 199 Å². The number of aryl methyl sites for hydroxylation is 2. The van der Waals surface area contributed by atoms with Crippen LogP contribution in [0.3, 0.4) is 0 Å². The van der Waals surface area contributed by atoms with Crippen LogP contribution >= 0.6 is 0 Å². The summed E-state index contributed by atoms with van der Waals surface area (Å²) in [6, 6.07) is 17.0. The van der Waals surface area contributed by atoms with Gasteiger partial charge in [0.05, 0.1) is 12.6 Å². The third kappa shape index (κ3) is 4.94. The van der Waals surface area contributed by atoms with Gasteiger partial charge in [-0.25, -0.2) is 4.68 Å². The fraction of sp³-hybridized carbons (Fsp3) is 0.407. The molecule has 5 rings (SSSR count). The maximum atomic E-state index is 13.0. The van der Waals surface area contributed by atoms with E-state index in [2.05, 4.69) is 63.5 Å². The first-order chi connectivity index (χ1) is 16.6. The van der Waals surface area contributed by atoms with Gasteiger partial charge in [-0.15, -0.1) is 5.10 Å². The number of H-pyrrole nitrogens is 1. The number of hydrogen-bond donors (Lipinski definition) is 1. The molecule has 34 heavy (non-hydrogen) atoms. The Hall–Kier alpha value is -3.32. The van der Waals surface area contributed by atoms with Crippen LogP contribution in [0.15, 0.2) is 53.3 Å². The van der Waals surface area contributed by atoms with Crippen LogP contribution in [0.5, 0.6) is 0 Å². The molecule has 7 heteroatoms. The lowest BCUT2D eigenvalue weighted by atomic mass is 9.95. The number of nitrogens with one attached hydrogen (secondary N) is 1. The van der Waals surface area contributed by atoms with Crippen LogP contribution in [-0.4, -0.2) is 30.1 Å². The average molecular weight is 457 g/mol. The molecule has 0 amide bonds. The Kier molecular flexibility index (Phi) is 6.54. The standard InChI is InChI=1S/C27H32N6O/c1-19-13-22-15-23(27(34)28-25(22)14-20(19)2)17-32(16-21-9-5-3-6-10-21)18-26-29-30-31-33(26)24-11-7-4-8-12-24/h3,5-6,9-10,13-15,24H,4,7-8,11-12,16-18H2,1-2H3,(H,28,34). The second-order valence-corrected chi connectivity index (χ2v) is 9.61. The van der Waals surface area contributed by atoms with Gasteiger partial charge < -0.3 is 4.98 Å². The van der Waals surface area contributed by atoms with Gasteiger partial charge in [0.15, 0.2) is 5.82 Å². The third-order valence-electron chi connectivity index (χ3n) is 7.02. The predicted molar refractivity (Wildman–Crippen MR) is 133 cm³/mol. The van der Waals surface area contributed by atoms with E-state index in [4.69, 9.17) is 0 Å². The SMILES string of the molecule is Cc1cc2cc(CN(Cc3ccccc3)Cc3nnnn3C3CCCCC3)c(=O)[nH]c2cc1C. The van der Waals surface area contributed by atoms with Crippen molar-refractivity contribution in [2.24, 2.45) is 0 Å². The molecular weight excluding hydrogens is 424 g/mol. The fourth-order valence-electron chi connectivity index (χ4n) is 5.02. The van der Waals surface area contributed by atoms with E-state index in [-0.39, 0.29) is 5.56 Å². The van der Waals surface area contributed by atoms with Gasteiger partial charge in [0, 0.05) is 24.2 Å². The number of benzene rings is 2. The van der Waals surface area contributed by atoms with E-state index in [0.717, 1.165) is 35.1 Å². The molecule has 0 aliphatic heterocycles. The highest BCUT2D eigenvalue weighted by molar-refractivity contribution is 5.80. The average Bonchev–Trinajstić information content (AvgIpc) is 3.30. The Balaban J connectivity index is 1.45. The molecule has 0 spiro atoms. The Morgan fingerprint density at radius 3 is 2.53 bits per heavy atom. The van der Waals surface area contributed by atoms with Crippen LogP contribution in [0.4, 0.5) is 0 Å². The number of hydrogen-bond acceptors (Lipinski definition) is 5. The predicted octanol–water partition coefficient (Wildman–Crippen LogP) is 4.84. The Bertz CT molecular complexity index is 1320. The molecule has 0 unspecified atom stereocenters. The molecule has 7 nitrogen and oxygen atoms in total. The van der Waals surface area contributed by atoms with Gasteiger partial charge in [-0.3, -0.25) is 9.69 Å². The molecule has 0 saturated heterocycles. The topological polar surface area (TPSA) is 79.7 Å². The number of rotatable bonds is 7. The number of tetrazole rings is 1. The smallest absolute Gasteiger partial charge is 0.252 e. The molecule has 1 fully saturated rings. The van der Waals surface area contributed by atoms with Crippen molar-refractivity contribution in [2.75, 3.05) is 0 Å². The highest BCUT2D eigenvalue weighted by Gasteiger charge is 2.22. The van der Waals surface area contributed by atoms with E-state index in [1.807, 2.05) is 28.9 Å². The summed E-state index contributed by atoms with van der Waals surface area (Å²) >= 11 is 0. The number of pyridine rings is 1. The minimum Gasteiger partial charge on any atom is -0.322 e. The second kappa shape index (κ2) is 9.89. The van der Waals surface area contributed by atoms with Crippen molar-refractivity contribution in [2.45, 2.75) is 71.6 Å². The van der Waals surface area contributed by atoms with Crippen LogP contribution in [0, 0.1) is 13.8 Å². The summed E-state index contributed by atoms with van der Waals surface area (Å²) in [4.78, 5) is 18.4. The van der Waals surface area contributed by atoms with Crippen molar-refractivity contribution in [1.82, 2.24) is 30.1 Å². The van der Waals surface area contributed by atoms with E-state index in [1.165, 1.54) is 36.0 Å². The van der Waals surface area contributed by atoms with Gasteiger partial charge in [0.1, 0.15) is 0 Å². The minimum absolute atomic E-state index is 0.0410. The number of fused-ring (bicyclic) bond motifs is 1. The molecule has 1 aliphatic carbocycles. The molecule has 4 aromatic rings. The van der Waals surface area contributed by atoms with E-state index in [0.29, 0.717) is 25.7 Å². The fourth-order valence-corrected chi connectivity index (χ4v) is 5.02. The molecule has 2 aromatic carbocycles. The number of nitrogens with zero attached hydrogens (tertiary/aromatic N) is 5. The Morgan fingerprint density at radius 2 is 1.74 bits per heavy atom. The molecule has 2 aromatic heterocycles. The van der Waals surface area contributed by atoms with E-state index >= 15 is 0 Å². The zero-order chi connectivity index (χ0) is 23.5. The summed E-state index contributed by atoms with van der Waals surface area (Å²) in [6.07, 6.45) is 5.99. The maximum Gasteiger partial charge on any atom is 0.252 e. The molecular formula is C27H32N6O. The summed E-state index contributed by atoms with van der Waals surface area (Å²) in [6.45, 7) is 5.99. The maximum absolute atomic E-state index is 13.0. The molecule has 1 N–H and O–H groups in total. The summed E-state index contributed by atoms with van der Waals surface area (Å²) in [5.41, 5.74) is 5.19. The van der Waals surface area contributed by atoms with Crippen LogP contribution in [0.25, 0.3) is 10.9 Å². The minimum atomic E-state index is -0.0410. The molecule has 0 radical (unpaired) electrons. The van der Waals surface area contributed by atoms with E-state index < -0.39 is 0 Å². The quantitative estimate of drug-likeness (QED) is 0.430. The summed E-state index contributed by atoms with van der Waals surface area (Å²) in [7, 11) is 0. The molecule has 176 valence electrons. The zero-order valence-electron chi connectivity index (χ0n) is 20.0. The molecule has 2 heterocycles. The first-order valence-corrected chi connectivity index (χ1v) is 12.2. The molecule has 1 aliphatic rings. The van der Waals surface area contributed by atoms with Gasteiger partial charge >= 0.3 is 0 Å². The van der Waals surface area contributed by atoms with Gasteiger partial charge in [-0.2, -0.15) is 0 Å². The van der Waals surface area contributed by atoms with Crippen molar-refractivity contribution < 1.29 is 0 Å². The first kappa shape index (κ1) is 22.5. The normalized spacial score (nSPS) is 14.8. The molecule has 0 atom stereocenters. The van der Waals surface area contributed by atoms with Crippen LogP contribution in [0.1, 0.15) is 66.2 Å². The highest BCUT2D eigenvalue weighted by Crippen LogP contribution is 2.28. The van der Waals surface area contributed by atoms with Crippen molar-refractivity contribution in [3.05, 3.63) is 87.0 Å². The van der Waals surface area contributed by atoms with Crippen LogP contribution in [-0.2, 0) is 19.6 Å². The molecule has 1 saturated carbocycles. The van der Waals surface area contributed by atoms with Crippen molar-refractivity contribution >= 4 is 10.9 Å². The van der Waals surface area contributed by atoms with Gasteiger partial charge in [-0.1, -0.05) is 49.6 Å². The van der Waals surface area contributed by atoms with Gasteiger partial charge in [-0.05, 0) is 77.4 Å². The summed E-state index contributed by atoms with van der Waals surface area (Å²) in [5, 5.41) is 13.8. The van der Waals surface area contributed by atoms with Crippen molar-refractivity contribution in [1.29, 1.82) is 0 Å². The van der Waals surface area contributed by atoms with Gasteiger partial charge in [0.25, 0.3) is 5.56 Å². The van der Waals surface area contributed by atoms with Crippen LogP contribution < -0.4 is 5.56 Å². The van der Waals surface area contributed by atoms with E-state index in [1.54, 1.807) is 0 Å².